The Morgan fingerprint density at radius 1 is 0.920 bits per heavy atom. The number of fused-ring (bicyclic) bond motifs is 1. The van der Waals surface area contributed by atoms with Gasteiger partial charge < -0.3 is 9.80 Å². The highest BCUT2D eigenvalue weighted by Crippen LogP contribution is 2.30. The predicted molar refractivity (Wildman–Crippen MR) is 91.1 cm³/mol. The molecule has 9 heteroatoms. The van der Waals surface area contributed by atoms with Crippen molar-refractivity contribution in [1.82, 2.24) is 15.0 Å². The summed E-state index contributed by atoms with van der Waals surface area (Å²) in [6, 6.07) is 8.83. The van der Waals surface area contributed by atoms with E-state index >= 15 is 0 Å². The molecule has 0 amide bonds. The molecule has 0 spiro atoms. The molecule has 1 aliphatic rings. The molecule has 2 aromatic heterocycles. The smallest absolute Gasteiger partial charge is 0.345 e. The van der Waals surface area contributed by atoms with Gasteiger partial charge in [-0.2, -0.15) is 13.2 Å². The van der Waals surface area contributed by atoms with E-state index in [0.717, 1.165) is 27.6 Å². The summed E-state index contributed by atoms with van der Waals surface area (Å²) in [6.07, 6.45) is -3.30. The van der Waals surface area contributed by atoms with E-state index in [1.807, 2.05) is 24.3 Å². The number of thiazole rings is 1. The van der Waals surface area contributed by atoms with Crippen molar-refractivity contribution in [2.24, 2.45) is 0 Å². The molecule has 0 atom stereocenters. The summed E-state index contributed by atoms with van der Waals surface area (Å²) < 4.78 is 39.5. The third kappa shape index (κ3) is 3.23. The molecule has 4 rings (SSSR count). The maximum atomic E-state index is 12.8. The van der Waals surface area contributed by atoms with E-state index in [1.54, 1.807) is 16.2 Å². The largest absolute Gasteiger partial charge is 0.433 e. The highest BCUT2D eigenvalue weighted by molar-refractivity contribution is 7.22. The Morgan fingerprint density at radius 3 is 2.36 bits per heavy atom. The maximum Gasteiger partial charge on any atom is 0.433 e. The molecule has 130 valence electrons. The van der Waals surface area contributed by atoms with Crippen LogP contribution in [0.15, 0.2) is 36.5 Å². The van der Waals surface area contributed by atoms with Crippen LogP contribution in [-0.2, 0) is 6.18 Å². The van der Waals surface area contributed by atoms with E-state index in [0.29, 0.717) is 26.2 Å². The minimum Gasteiger partial charge on any atom is -0.345 e. The number of rotatable bonds is 2. The fourth-order valence-electron chi connectivity index (χ4n) is 2.75. The molecule has 0 aliphatic carbocycles. The van der Waals surface area contributed by atoms with Crippen molar-refractivity contribution in [1.29, 1.82) is 0 Å². The summed E-state index contributed by atoms with van der Waals surface area (Å²) in [5, 5.41) is 0.936. The average molecular weight is 365 g/mol. The van der Waals surface area contributed by atoms with Crippen LogP contribution in [0, 0.1) is 0 Å². The summed E-state index contributed by atoms with van der Waals surface area (Å²) in [5.74, 6) is 0.124. The zero-order valence-electron chi connectivity index (χ0n) is 13.1. The molecule has 1 aromatic carbocycles. The number of piperazine rings is 1. The Hall–Kier alpha value is -2.42. The standard InChI is InChI=1S/C16H14F3N5S/c17-16(18,19)13-5-6-20-14(22-13)23-7-9-24(10-8-23)15-21-11-3-1-2-4-12(11)25-15/h1-6H,7-10H2. The van der Waals surface area contributed by atoms with Gasteiger partial charge in [0.25, 0.3) is 0 Å². The normalized spacial score (nSPS) is 15.8. The fourth-order valence-corrected chi connectivity index (χ4v) is 3.77. The maximum absolute atomic E-state index is 12.8. The van der Waals surface area contributed by atoms with Crippen LogP contribution in [0.25, 0.3) is 10.2 Å². The predicted octanol–water partition coefficient (Wildman–Crippen LogP) is 3.43. The van der Waals surface area contributed by atoms with Crippen molar-refractivity contribution in [3.63, 3.8) is 0 Å². The summed E-state index contributed by atoms with van der Waals surface area (Å²) in [7, 11) is 0. The van der Waals surface area contributed by atoms with E-state index in [9.17, 15) is 13.2 Å². The molecular weight excluding hydrogens is 351 g/mol. The van der Waals surface area contributed by atoms with Gasteiger partial charge in [0.2, 0.25) is 5.95 Å². The van der Waals surface area contributed by atoms with E-state index in [4.69, 9.17) is 0 Å². The van der Waals surface area contributed by atoms with Gasteiger partial charge in [0.1, 0.15) is 5.69 Å². The monoisotopic (exact) mass is 365 g/mol. The number of hydrogen-bond acceptors (Lipinski definition) is 6. The number of benzene rings is 1. The van der Waals surface area contributed by atoms with Gasteiger partial charge in [-0.3, -0.25) is 0 Å². The fraction of sp³-hybridized carbons (Fsp3) is 0.312. The number of para-hydroxylation sites is 1. The van der Waals surface area contributed by atoms with E-state index < -0.39 is 11.9 Å². The lowest BCUT2D eigenvalue weighted by molar-refractivity contribution is -0.141. The molecule has 3 aromatic rings. The van der Waals surface area contributed by atoms with E-state index in [1.165, 1.54) is 0 Å². The second-order valence-electron chi connectivity index (χ2n) is 5.68. The number of nitrogens with zero attached hydrogens (tertiary/aromatic N) is 5. The van der Waals surface area contributed by atoms with Crippen LogP contribution < -0.4 is 9.80 Å². The summed E-state index contributed by atoms with van der Waals surface area (Å²) in [5.41, 5.74) is 0.0530. The molecule has 0 unspecified atom stereocenters. The van der Waals surface area contributed by atoms with E-state index in [2.05, 4.69) is 19.9 Å². The zero-order chi connectivity index (χ0) is 17.4. The van der Waals surface area contributed by atoms with Gasteiger partial charge in [0.05, 0.1) is 10.2 Å². The topological polar surface area (TPSA) is 45.2 Å². The van der Waals surface area contributed by atoms with Gasteiger partial charge in [-0.05, 0) is 18.2 Å². The average Bonchev–Trinajstić information content (AvgIpc) is 3.05. The SMILES string of the molecule is FC(F)(F)c1ccnc(N2CCN(c3nc4ccccc4s3)CC2)n1. The lowest BCUT2D eigenvalue weighted by atomic mass is 10.3. The van der Waals surface area contributed by atoms with Crippen molar-refractivity contribution < 1.29 is 13.2 Å². The highest BCUT2D eigenvalue weighted by atomic mass is 32.1. The first-order valence-electron chi connectivity index (χ1n) is 7.76. The lowest BCUT2D eigenvalue weighted by Crippen LogP contribution is -2.47. The van der Waals surface area contributed by atoms with Gasteiger partial charge in [-0.15, -0.1) is 0 Å². The molecule has 1 fully saturated rings. The van der Waals surface area contributed by atoms with Gasteiger partial charge >= 0.3 is 6.18 Å². The van der Waals surface area contributed by atoms with Crippen molar-refractivity contribution in [2.45, 2.75) is 6.18 Å². The number of halogens is 3. The second-order valence-corrected chi connectivity index (χ2v) is 6.69. The van der Waals surface area contributed by atoms with Crippen LogP contribution in [0.1, 0.15) is 5.69 Å². The Kier molecular flexibility index (Phi) is 3.95. The van der Waals surface area contributed by atoms with Crippen molar-refractivity contribution in [3.8, 4) is 0 Å². The van der Waals surface area contributed by atoms with Gasteiger partial charge in [0.15, 0.2) is 5.13 Å². The van der Waals surface area contributed by atoms with Crippen molar-refractivity contribution in [2.75, 3.05) is 36.0 Å². The van der Waals surface area contributed by atoms with Crippen molar-refractivity contribution in [3.05, 3.63) is 42.2 Å². The summed E-state index contributed by atoms with van der Waals surface area (Å²) >= 11 is 1.62. The molecule has 5 nitrogen and oxygen atoms in total. The van der Waals surface area contributed by atoms with Crippen LogP contribution in [0.4, 0.5) is 24.3 Å². The van der Waals surface area contributed by atoms with Crippen LogP contribution in [0.2, 0.25) is 0 Å². The van der Waals surface area contributed by atoms with Crippen LogP contribution in [0.3, 0.4) is 0 Å². The Labute approximate surface area is 145 Å². The molecule has 0 N–H and O–H groups in total. The molecule has 1 saturated heterocycles. The Bertz CT molecular complexity index is 854. The molecule has 0 saturated carbocycles. The quantitative estimate of drug-likeness (QED) is 0.696. The molecule has 0 bridgehead atoms. The number of anilines is 2. The molecule has 0 radical (unpaired) electrons. The van der Waals surface area contributed by atoms with Crippen LogP contribution >= 0.6 is 11.3 Å². The highest BCUT2D eigenvalue weighted by Gasteiger charge is 2.33. The zero-order valence-corrected chi connectivity index (χ0v) is 13.9. The Morgan fingerprint density at radius 2 is 1.64 bits per heavy atom. The minimum absolute atomic E-state index is 0.124. The van der Waals surface area contributed by atoms with Crippen molar-refractivity contribution >= 4 is 32.6 Å². The number of hydrogen-bond donors (Lipinski definition) is 0. The third-order valence-electron chi connectivity index (χ3n) is 4.05. The molecular formula is C16H14F3N5S. The summed E-state index contributed by atoms with van der Waals surface area (Å²) in [6.45, 7) is 2.44. The first-order chi connectivity index (χ1) is 12.0. The van der Waals surface area contributed by atoms with Crippen LogP contribution in [-0.4, -0.2) is 41.1 Å². The van der Waals surface area contributed by atoms with Gasteiger partial charge in [-0.25, -0.2) is 15.0 Å². The first kappa shape index (κ1) is 16.1. The third-order valence-corrected chi connectivity index (χ3v) is 5.15. The summed E-state index contributed by atoms with van der Waals surface area (Å²) in [4.78, 5) is 16.2. The molecule has 3 heterocycles. The molecule has 25 heavy (non-hydrogen) atoms. The number of alkyl halides is 3. The Balaban J connectivity index is 1.48. The number of aromatic nitrogens is 3. The van der Waals surface area contributed by atoms with Crippen LogP contribution in [0.5, 0.6) is 0 Å². The second kappa shape index (κ2) is 6.14. The first-order valence-corrected chi connectivity index (χ1v) is 8.58. The van der Waals surface area contributed by atoms with Gasteiger partial charge in [-0.1, -0.05) is 23.5 Å². The van der Waals surface area contributed by atoms with E-state index in [-0.39, 0.29) is 5.95 Å². The molecule has 1 aliphatic heterocycles. The lowest BCUT2D eigenvalue weighted by Gasteiger charge is -2.34. The van der Waals surface area contributed by atoms with Gasteiger partial charge in [0, 0.05) is 32.4 Å². The minimum atomic E-state index is -4.46.